The molecule has 3 aliphatic rings. The second-order valence-electron chi connectivity index (χ2n) is 16.2. The number of rotatable bonds is 26. The summed E-state index contributed by atoms with van der Waals surface area (Å²) < 4.78 is 38.3. The van der Waals surface area contributed by atoms with Crippen LogP contribution in [-0.4, -0.2) is 115 Å². The summed E-state index contributed by atoms with van der Waals surface area (Å²) in [5, 5.41) is 34.0. The molecule has 0 unspecified atom stereocenters. The lowest BCUT2D eigenvalue weighted by Crippen LogP contribution is -2.70. The van der Waals surface area contributed by atoms with Crippen molar-refractivity contribution in [3.63, 3.8) is 0 Å². The zero-order chi connectivity index (χ0) is 44.4. The maximum Gasteiger partial charge on any atom is 0.410 e. The highest BCUT2D eigenvalue weighted by molar-refractivity contribution is 6.03. The number of allylic oxidation sites excluding steroid dienone is 1. The molecule has 1 fully saturated rings. The second-order valence-corrected chi connectivity index (χ2v) is 16.2. The lowest BCUT2D eigenvalue weighted by Gasteiger charge is -2.59. The lowest BCUT2D eigenvalue weighted by molar-refractivity contribution is -0.256. The van der Waals surface area contributed by atoms with Crippen LogP contribution >= 0.6 is 0 Å². The number of aliphatic hydroxyl groups is 3. The van der Waals surface area contributed by atoms with Crippen molar-refractivity contribution in [1.82, 2.24) is 9.88 Å². The molecule has 3 aromatic rings. The number of carbonyl (C=O) groups is 1. The van der Waals surface area contributed by atoms with Crippen molar-refractivity contribution in [2.24, 2.45) is 22.9 Å². The zero-order valence-corrected chi connectivity index (χ0v) is 36.8. The van der Waals surface area contributed by atoms with E-state index in [0.29, 0.717) is 36.7 Å². The Kier molecular flexibility index (Phi) is 18.4. The van der Waals surface area contributed by atoms with Gasteiger partial charge in [0.15, 0.2) is 0 Å². The third kappa shape index (κ3) is 12.0. The molecule has 342 valence electrons. The van der Waals surface area contributed by atoms with Gasteiger partial charge in [0.25, 0.3) is 0 Å². The van der Waals surface area contributed by atoms with E-state index in [1.807, 2.05) is 67.6 Å². The maximum atomic E-state index is 14.5. The number of fused-ring (bicyclic) bond motifs is 2. The van der Waals surface area contributed by atoms with Crippen LogP contribution < -0.4 is 9.47 Å². The fraction of sp³-hybridized carbons (Fsp3) is 0.531. The number of carbonyl (C=O) groups excluding carboxylic acids is 1. The van der Waals surface area contributed by atoms with Crippen LogP contribution in [0, 0.1) is 24.7 Å². The van der Waals surface area contributed by atoms with Gasteiger partial charge < -0.3 is 48.6 Å². The first-order valence-corrected chi connectivity index (χ1v) is 22.3. The minimum Gasteiger partial charge on any atom is -0.487 e. The van der Waals surface area contributed by atoms with Gasteiger partial charge >= 0.3 is 6.09 Å². The van der Waals surface area contributed by atoms with E-state index in [1.54, 1.807) is 11.0 Å². The number of unbranched alkanes of at least 4 members (excludes halogenated alkanes) is 2. The van der Waals surface area contributed by atoms with Gasteiger partial charge in [-0.3, -0.25) is 9.88 Å². The quantitative estimate of drug-likeness (QED) is 0.0434. The molecular weight excluding hydrogens is 807 g/mol. The third-order valence-corrected chi connectivity index (χ3v) is 12.1. The van der Waals surface area contributed by atoms with E-state index >= 15 is 0 Å². The molecule has 2 aliphatic carbocycles. The Balaban J connectivity index is 1.45. The van der Waals surface area contributed by atoms with Gasteiger partial charge in [0.05, 0.1) is 57.0 Å². The first-order valence-electron chi connectivity index (χ1n) is 22.3. The predicted octanol–water partition coefficient (Wildman–Crippen LogP) is 6.90. The van der Waals surface area contributed by atoms with Crippen LogP contribution in [0.3, 0.4) is 0 Å². The van der Waals surface area contributed by atoms with E-state index in [2.05, 4.69) is 28.9 Å². The number of hydrogen-bond acceptors (Lipinski definition) is 13. The number of amides is 1. The van der Waals surface area contributed by atoms with Crippen molar-refractivity contribution >= 4 is 11.8 Å². The van der Waals surface area contributed by atoms with E-state index in [4.69, 9.17) is 33.3 Å². The average Bonchev–Trinajstić information content (AvgIpc) is 3.29. The Hall–Kier alpha value is -4.83. The van der Waals surface area contributed by atoms with E-state index < -0.39 is 23.8 Å². The monoisotopic (exact) mass is 871 g/mol. The third-order valence-electron chi connectivity index (χ3n) is 12.1. The molecule has 63 heavy (non-hydrogen) atoms. The minimum atomic E-state index is -1.48. The molecule has 0 bridgehead atoms. The SMILES string of the molecule is C=CCO[C@@]12Oc3ccc(OCc4cccc(C)n4)cc3[C@H]3[C@H](CCCCO)[C@@H](CCCCO)C=C(C(=NOC)C[C@@H]1N(CCOCCO)C(=O)OCCOCc1ccccc1)[C@H]32. The Morgan fingerprint density at radius 3 is 2.49 bits per heavy atom. The molecule has 2 aromatic carbocycles. The summed E-state index contributed by atoms with van der Waals surface area (Å²) in [7, 11) is 1.51. The van der Waals surface area contributed by atoms with Crippen molar-refractivity contribution in [3.05, 3.63) is 114 Å². The van der Waals surface area contributed by atoms with Gasteiger partial charge in [0, 0.05) is 43.4 Å². The van der Waals surface area contributed by atoms with Crippen molar-refractivity contribution in [1.29, 1.82) is 0 Å². The van der Waals surface area contributed by atoms with Crippen LogP contribution in [0.5, 0.6) is 11.5 Å². The van der Waals surface area contributed by atoms with Gasteiger partial charge in [-0.1, -0.05) is 66.5 Å². The standard InChI is InChI=1S/C49H65N3O11/c1-4-25-62-49-45(52(21-26-58-27-24-55)48(56)60-29-28-59-33-36-14-6-5-7-15-36)32-43(51-57-3)41-30-37(16-8-10-22-53)40(18-9-11-23-54)46(47(41)49)42-31-39(19-20-44(42)63-49)61-34-38-17-12-13-35(2)50-38/h4-7,12-15,17,19-20,30-31,37,40,45-47,53-55H,1,8-11,16,18,21-29,32-34H2,2-3H3/t37-,40+,45-,46+,47+,49+/m0/s1. The highest BCUT2D eigenvalue weighted by Crippen LogP contribution is 2.62. The predicted molar refractivity (Wildman–Crippen MR) is 237 cm³/mol. The van der Waals surface area contributed by atoms with E-state index in [1.165, 1.54) is 7.11 Å². The number of pyridine rings is 1. The number of aromatic nitrogens is 1. The molecule has 14 nitrogen and oxygen atoms in total. The summed E-state index contributed by atoms with van der Waals surface area (Å²) in [5.74, 6) is -0.883. The summed E-state index contributed by atoms with van der Waals surface area (Å²) in [6, 6.07) is 20.7. The summed E-state index contributed by atoms with van der Waals surface area (Å²) in [4.78, 5) is 26.3. The number of oxime groups is 1. The van der Waals surface area contributed by atoms with Gasteiger partial charge in [-0.2, -0.15) is 0 Å². The molecule has 14 heteroatoms. The molecule has 0 saturated heterocycles. The van der Waals surface area contributed by atoms with Crippen LogP contribution in [0.25, 0.3) is 0 Å². The highest BCUT2D eigenvalue weighted by atomic mass is 16.7. The molecule has 1 amide bonds. The largest absolute Gasteiger partial charge is 0.487 e. The number of aryl methyl sites for hydroxylation is 1. The molecule has 3 N–H and O–H groups in total. The zero-order valence-electron chi connectivity index (χ0n) is 36.8. The number of hydrogen-bond donors (Lipinski definition) is 3. The van der Waals surface area contributed by atoms with Crippen LogP contribution in [0.1, 0.15) is 73.4 Å². The van der Waals surface area contributed by atoms with E-state index in [-0.39, 0.29) is 90.2 Å². The normalized spacial score (nSPS) is 22.9. The van der Waals surface area contributed by atoms with Crippen molar-refractivity contribution in [2.75, 3.05) is 66.5 Å². The molecule has 1 aliphatic heterocycles. The van der Waals surface area contributed by atoms with Gasteiger partial charge in [-0.15, -0.1) is 6.58 Å². The topological polar surface area (TPSA) is 171 Å². The van der Waals surface area contributed by atoms with Gasteiger partial charge in [0.1, 0.15) is 37.9 Å². The lowest BCUT2D eigenvalue weighted by atomic mass is 9.55. The van der Waals surface area contributed by atoms with Gasteiger partial charge in [0.2, 0.25) is 5.79 Å². The number of aliphatic hydroxyl groups excluding tert-OH is 3. The van der Waals surface area contributed by atoms with Crippen LogP contribution in [0.15, 0.2) is 96.2 Å². The van der Waals surface area contributed by atoms with Crippen molar-refractivity contribution in [2.45, 2.75) is 82.8 Å². The molecule has 0 radical (unpaired) electrons. The Morgan fingerprint density at radius 2 is 1.75 bits per heavy atom. The maximum absolute atomic E-state index is 14.5. The van der Waals surface area contributed by atoms with Crippen LogP contribution in [0.4, 0.5) is 4.79 Å². The fourth-order valence-corrected chi connectivity index (χ4v) is 9.42. The average molecular weight is 872 g/mol. The fourth-order valence-electron chi connectivity index (χ4n) is 9.42. The number of ether oxygens (including phenoxy) is 6. The first kappa shape index (κ1) is 47.6. The molecule has 6 atom stereocenters. The van der Waals surface area contributed by atoms with E-state index in [9.17, 15) is 20.1 Å². The van der Waals surface area contributed by atoms with E-state index in [0.717, 1.165) is 53.8 Å². The molecule has 1 aromatic heterocycles. The molecule has 1 saturated carbocycles. The molecule has 6 rings (SSSR count). The van der Waals surface area contributed by atoms with Crippen molar-refractivity contribution < 1.29 is 53.4 Å². The Bertz CT molecular complexity index is 1960. The number of nitrogens with zero attached hydrogens (tertiary/aromatic N) is 3. The van der Waals surface area contributed by atoms with Gasteiger partial charge in [-0.05, 0) is 85.9 Å². The summed E-state index contributed by atoms with van der Waals surface area (Å²) >= 11 is 0. The van der Waals surface area contributed by atoms with Gasteiger partial charge in [-0.25, -0.2) is 4.79 Å². The summed E-state index contributed by atoms with van der Waals surface area (Å²) in [5.41, 5.74) is 5.22. The molecule has 0 spiro atoms. The number of benzene rings is 2. The first-order chi connectivity index (χ1) is 30.9. The Labute approximate surface area is 371 Å². The highest BCUT2D eigenvalue weighted by Gasteiger charge is 2.65. The minimum absolute atomic E-state index is 0.00386. The Morgan fingerprint density at radius 1 is 0.937 bits per heavy atom. The smallest absolute Gasteiger partial charge is 0.410 e. The summed E-state index contributed by atoms with van der Waals surface area (Å²) in [6.45, 7) is 7.16. The van der Waals surface area contributed by atoms with Crippen LogP contribution in [-0.2, 0) is 37.0 Å². The summed E-state index contributed by atoms with van der Waals surface area (Å²) in [6.07, 6.45) is 8.06. The second kappa shape index (κ2) is 24.3. The molecular formula is C49H65N3O11. The van der Waals surface area contributed by atoms with Crippen molar-refractivity contribution in [3.8, 4) is 11.5 Å². The molecule has 2 heterocycles. The van der Waals surface area contributed by atoms with Crippen LogP contribution in [0.2, 0.25) is 0 Å².